The van der Waals surface area contributed by atoms with E-state index < -0.39 is 0 Å². The Morgan fingerprint density at radius 3 is 2.91 bits per heavy atom. The highest BCUT2D eigenvalue weighted by molar-refractivity contribution is 7.16. The maximum atomic E-state index is 11.6. The highest BCUT2D eigenvalue weighted by Crippen LogP contribution is 2.27. The molecule has 9 heteroatoms. The van der Waals surface area contributed by atoms with E-state index in [1.165, 1.54) is 11.3 Å². The van der Waals surface area contributed by atoms with E-state index in [4.69, 9.17) is 14.6 Å². The fourth-order valence-electron chi connectivity index (χ4n) is 3.81. The number of hydrogen-bond acceptors (Lipinski definition) is 7. The summed E-state index contributed by atoms with van der Waals surface area (Å²) in [6.45, 7) is 7.13. The van der Waals surface area contributed by atoms with Crippen LogP contribution in [0.25, 0.3) is 16.0 Å². The number of H-pyrrole nitrogens is 1. The Morgan fingerprint density at radius 1 is 1.22 bits per heavy atom. The SMILES string of the molecule is C[C@@H](c1ccc2[nH]c(=O)sc2c1)c1ccn(-c2ccc(OCCN3CCOCC3)cn2)n1. The van der Waals surface area contributed by atoms with Crippen molar-refractivity contribution in [2.75, 3.05) is 39.5 Å². The van der Waals surface area contributed by atoms with Crippen molar-refractivity contribution in [1.29, 1.82) is 0 Å². The zero-order valence-electron chi connectivity index (χ0n) is 17.9. The van der Waals surface area contributed by atoms with Gasteiger partial charge in [0, 0.05) is 31.7 Å². The van der Waals surface area contributed by atoms with Gasteiger partial charge in [0.25, 0.3) is 0 Å². The van der Waals surface area contributed by atoms with Crippen LogP contribution in [0.15, 0.2) is 53.6 Å². The first-order chi connectivity index (χ1) is 15.7. The minimum Gasteiger partial charge on any atom is -0.491 e. The molecule has 0 aliphatic carbocycles. The van der Waals surface area contributed by atoms with E-state index in [9.17, 15) is 4.79 Å². The van der Waals surface area contributed by atoms with Crippen molar-refractivity contribution < 1.29 is 9.47 Å². The molecule has 0 saturated carbocycles. The van der Waals surface area contributed by atoms with Crippen molar-refractivity contribution in [2.45, 2.75) is 12.8 Å². The molecule has 0 unspecified atom stereocenters. The predicted molar refractivity (Wildman–Crippen MR) is 124 cm³/mol. The summed E-state index contributed by atoms with van der Waals surface area (Å²) in [6, 6.07) is 11.9. The number of aromatic nitrogens is 4. The van der Waals surface area contributed by atoms with Crippen LogP contribution in [0.2, 0.25) is 0 Å². The second-order valence-electron chi connectivity index (χ2n) is 7.83. The molecule has 32 heavy (non-hydrogen) atoms. The summed E-state index contributed by atoms with van der Waals surface area (Å²) in [7, 11) is 0. The van der Waals surface area contributed by atoms with Gasteiger partial charge in [-0.3, -0.25) is 9.69 Å². The molecule has 1 fully saturated rings. The number of pyridine rings is 1. The van der Waals surface area contributed by atoms with E-state index in [-0.39, 0.29) is 10.8 Å². The van der Waals surface area contributed by atoms with Gasteiger partial charge in [0.1, 0.15) is 12.4 Å². The van der Waals surface area contributed by atoms with Crippen LogP contribution in [0, 0.1) is 0 Å². The summed E-state index contributed by atoms with van der Waals surface area (Å²) < 4.78 is 13.9. The Kier molecular flexibility index (Phi) is 6.02. The largest absolute Gasteiger partial charge is 0.491 e. The highest BCUT2D eigenvalue weighted by Gasteiger charge is 2.14. The van der Waals surface area contributed by atoms with Crippen LogP contribution < -0.4 is 9.61 Å². The van der Waals surface area contributed by atoms with Crippen LogP contribution in [-0.2, 0) is 4.74 Å². The lowest BCUT2D eigenvalue weighted by Crippen LogP contribution is -2.38. The Bertz CT molecular complexity index is 1240. The van der Waals surface area contributed by atoms with Crippen LogP contribution in [0.3, 0.4) is 0 Å². The van der Waals surface area contributed by atoms with Gasteiger partial charge in [0.15, 0.2) is 5.82 Å². The average Bonchev–Trinajstić information content (AvgIpc) is 3.45. The number of aromatic amines is 1. The van der Waals surface area contributed by atoms with Crippen LogP contribution in [0.5, 0.6) is 5.75 Å². The fourth-order valence-corrected chi connectivity index (χ4v) is 4.59. The number of morpholine rings is 1. The molecule has 1 aliphatic rings. The number of benzene rings is 1. The molecular weight excluding hydrogens is 426 g/mol. The minimum absolute atomic E-state index is 0.0336. The Morgan fingerprint density at radius 2 is 2.09 bits per heavy atom. The van der Waals surface area contributed by atoms with Crippen molar-refractivity contribution in [2.24, 2.45) is 0 Å². The fraction of sp³-hybridized carbons (Fsp3) is 0.348. The standard InChI is InChI=1S/C23H25N5O3S/c1-16(17-2-4-20-21(14-17)32-23(29)25-20)19-6-7-28(26-19)22-5-3-18(15-24-22)31-13-10-27-8-11-30-12-9-27/h2-7,14-16H,8-13H2,1H3,(H,25,29)/t16-/m0/s1. The van der Waals surface area contributed by atoms with Gasteiger partial charge in [-0.1, -0.05) is 24.3 Å². The molecule has 5 rings (SSSR count). The summed E-state index contributed by atoms with van der Waals surface area (Å²) in [5.74, 6) is 1.59. The quantitative estimate of drug-likeness (QED) is 0.465. The number of ether oxygens (including phenoxy) is 2. The summed E-state index contributed by atoms with van der Waals surface area (Å²) in [5.41, 5.74) is 2.94. The maximum absolute atomic E-state index is 11.6. The summed E-state index contributed by atoms with van der Waals surface area (Å²) in [6.07, 6.45) is 3.65. The molecule has 0 radical (unpaired) electrons. The second kappa shape index (κ2) is 9.23. The smallest absolute Gasteiger partial charge is 0.305 e. The number of thiazole rings is 1. The van der Waals surface area contributed by atoms with Gasteiger partial charge in [-0.2, -0.15) is 5.10 Å². The van der Waals surface area contributed by atoms with E-state index in [1.807, 2.05) is 36.5 Å². The number of nitrogens with zero attached hydrogens (tertiary/aromatic N) is 4. The maximum Gasteiger partial charge on any atom is 0.305 e. The Balaban J connectivity index is 1.22. The van der Waals surface area contributed by atoms with Gasteiger partial charge in [-0.15, -0.1) is 0 Å². The lowest BCUT2D eigenvalue weighted by molar-refractivity contribution is 0.0322. The normalized spacial score (nSPS) is 15.8. The van der Waals surface area contributed by atoms with Gasteiger partial charge >= 0.3 is 4.87 Å². The molecule has 1 saturated heterocycles. The molecule has 0 bridgehead atoms. The van der Waals surface area contributed by atoms with Gasteiger partial charge in [0.05, 0.1) is 35.3 Å². The minimum atomic E-state index is -0.0336. The Labute approximate surface area is 189 Å². The summed E-state index contributed by atoms with van der Waals surface area (Å²) >= 11 is 1.23. The molecule has 166 valence electrons. The molecule has 4 heterocycles. The lowest BCUT2D eigenvalue weighted by atomic mass is 9.98. The third-order valence-corrected chi connectivity index (χ3v) is 6.58. The van der Waals surface area contributed by atoms with Crippen molar-refractivity contribution in [3.63, 3.8) is 0 Å². The van der Waals surface area contributed by atoms with Crippen LogP contribution in [0.4, 0.5) is 0 Å². The van der Waals surface area contributed by atoms with E-state index in [0.717, 1.165) is 65.9 Å². The van der Waals surface area contributed by atoms with Crippen LogP contribution >= 0.6 is 11.3 Å². The Hall–Kier alpha value is -3.01. The van der Waals surface area contributed by atoms with E-state index in [1.54, 1.807) is 10.9 Å². The third-order valence-electron chi connectivity index (χ3n) is 5.73. The van der Waals surface area contributed by atoms with Crippen LogP contribution in [-0.4, -0.2) is 64.1 Å². The van der Waals surface area contributed by atoms with E-state index >= 15 is 0 Å². The van der Waals surface area contributed by atoms with E-state index in [0.29, 0.717) is 6.61 Å². The molecule has 1 atom stereocenters. The van der Waals surface area contributed by atoms with Gasteiger partial charge in [-0.05, 0) is 35.9 Å². The van der Waals surface area contributed by atoms with Crippen molar-refractivity contribution in [3.05, 3.63) is 69.7 Å². The second-order valence-corrected chi connectivity index (χ2v) is 8.85. The number of fused-ring (bicyclic) bond motifs is 1. The average molecular weight is 452 g/mol. The van der Waals surface area contributed by atoms with E-state index in [2.05, 4.69) is 27.9 Å². The van der Waals surface area contributed by atoms with Crippen molar-refractivity contribution >= 4 is 21.6 Å². The summed E-state index contributed by atoms with van der Waals surface area (Å²) in [5, 5.41) is 4.72. The first-order valence-corrected chi connectivity index (χ1v) is 11.5. The first-order valence-electron chi connectivity index (χ1n) is 10.7. The topological polar surface area (TPSA) is 85.3 Å². The molecule has 1 aromatic carbocycles. The predicted octanol–water partition coefficient (Wildman–Crippen LogP) is 3.03. The van der Waals surface area contributed by atoms with Gasteiger partial charge in [-0.25, -0.2) is 9.67 Å². The van der Waals surface area contributed by atoms with Gasteiger partial charge in [0.2, 0.25) is 0 Å². The number of rotatable bonds is 7. The molecule has 3 aromatic heterocycles. The molecular formula is C23H25N5O3S. The zero-order chi connectivity index (χ0) is 21.9. The summed E-state index contributed by atoms with van der Waals surface area (Å²) in [4.78, 5) is 21.2. The lowest BCUT2D eigenvalue weighted by Gasteiger charge is -2.26. The molecule has 0 amide bonds. The molecule has 0 spiro atoms. The molecule has 4 aromatic rings. The van der Waals surface area contributed by atoms with Crippen LogP contribution in [0.1, 0.15) is 24.1 Å². The molecule has 1 N–H and O–H groups in total. The molecule has 8 nitrogen and oxygen atoms in total. The monoisotopic (exact) mass is 451 g/mol. The third kappa shape index (κ3) is 4.59. The van der Waals surface area contributed by atoms with Crippen molar-refractivity contribution in [1.82, 2.24) is 24.6 Å². The highest BCUT2D eigenvalue weighted by atomic mass is 32.1. The van der Waals surface area contributed by atoms with Crippen molar-refractivity contribution in [3.8, 4) is 11.6 Å². The number of nitrogens with one attached hydrogen (secondary N) is 1. The number of hydrogen-bond donors (Lipinski definition) is 1. The zero-order valence-corrected chi connectivity index (χ0v) is 18.7. The first kappa shape index (κ1) is 20.9. The molecule has 1 aliphatic heterocycles. The van der Waals surface area contributed by atoms with Gasteiger partial charge < -0.3 is 14.5 Å².